The summed E-state index contributed by atoms with van der Waals surface area (Å²) in [4.78, 5) is 13.7. The van der Waals surface area contributed by atoms with Crippen LogP contribution in [0.15, 0.2) is 35.3 Å². The first-order valence-electron chi connectivity index (χ1n) is 10.0. The summed E-state index contributed by atoms with van der Waals surface area (Å²) in [5.41, 5.74) is 0. The molecule has 3 aromatic heterocycles. The molecule has 0 aliphatic heterocycles. The Morgan fingerprint density at radius 3 is 2.90 bits per heavy atom. The molecular formula is C20H24N6OS3. The van der Waals surface area contributed by atoms with Gasteiger partial charge in [-0.15, -0.1) is 38.3 Å². The SMILES string of the molecule is C=CCn1c(Cc2cccs2)nnc1SCC(=O)Nc1nnc(C2CCCCC2)s1. The summed E-state index contributed by atoms with van der Waals surface area (Å²) in [6, 6.07) is 4.11. The molecule has 7 nitrogen and oxygen atoms in total. The Labute approximate surface area is 188 Å². The van der Waals surface area contributed by atoms with Gasteiger partial charge < -0.3 is 4.57 Å². The Morgan fingerprint density at radius 2 is 2.13 bits per heavy atom. The van der Waals surface area contributed by atoms with Crippen LogP contribution in [0, 0.1) is 0 Å². The summed E-state index contributed by atoms with van der Waals surface area (Å²) >= 11 is 4.57. The van der Waals surface area contributed by atoms with E-state index in [9.17, 15) is 4.79 Å². The number of nitrogens with zero attached hydrogens (tertiary/aromatic N) is 5. The van der Waals surface area contributed by atoms with Crippen molar-refractivity contribution in [3.8, 4) is 0 Å². The quantitative estimate of drug-likeness (QED) is 0.366. The number of nitrogens with one attached hydrogen (secondary N) is 1. The maximum Gasteiger partial charge on any atom is 0.236 e. The van der Waals surface area contributed by atoms with Crippen molar-refractivity contribution in [3.63, 3.8) is 0 Å². The Bertz CT molecular complexity index is 975. The Morgan fingerprint density at radius 1 is 1.27 bits per heavy atom. The smallest absolute Gasteiger partial charge is 0.236 e. The third-order valence-electron chi connectivity index (χ3n) is 4.99. The topological polar surface area (TPSA) is 85.6 Å². The van der Waals surface area contributed by atoms with Crippen molar-refractivity contribution in [2.45, 2.75) is 56.1 Å². The van der Waals surface area contributed by atoms with E-state index in [0.29, 0.717) is 17.6 Å². The molecular weight excluding hydrogens is 436 g/mol. The van der Waals surface area contributed by atoms with E-state index < -0.39 is 0 Å². The molecule has 3 aromatic rings. The molecule has 0 saturated heterocycles. The molecule has 0 unspecified atom stereocenters. The van der Waals surface area contributed by atoms with Crippen LogP contribution in [0.3, 0.4) is 0 Å². The Kier molecular flexibility index (Phi) is 7.29. The number of thiophene rings is 1. The van der Waals surface area contributed by atoms with Gasteiger partial charge in [0, 0.05) is 23.8 Å². The first-order valence-corrected chi connectivity index (χ1v) is 12.7. The molecule has 10 heteroatoms. The van der Waals surface area contributed by atoms with E-state index in [1.54, 1.807) is 11.3 Å². The number of allylic oxidation sites excluding steroid dienone is 1. The van der Waals surface area contributed by atoms with Crippen molar-refractivity contribution in [1.29, 1.82) is 0 Å². The van der Waals surface area contributed by atoms with Crippen molar-refractivity contribution in [2.24, 2.45) is 0 Å². The Balaban J connectivity index is 1.34. The molecule has 1 N–H and O–H groups in total. The predicted molar refractivity (Wildman–Crippen MR) is 122 cm³/mol. The molecule has 1 saturated carbocycles. The normalized spacial score (nSPS) is 14.7. The van der Waals surface area contributed by atoms with E-state index in [2.05, 4.69) is 43.7 Å². The summed E-state index contributed by atoms with van der Waals surface area (Å²) in [6.07, 6.45) is 8.70. The number of hydrogen-bond donors (Lipinski definition) is 1. The van der Waals surface area contributed by atoms with Gasteiger partial charge in [-0.3, -0.25) is 10.1 Å². The van der Waals surface area contributed by atoms with Crippen LogP contribution in [-0.4, -0.2) is 36.6 Å². The summed E-state index contributed by atoms with van der Waals surface area (Å²) in [5, 5.41) is 24.3. The van der Waals surface area contributed by atoms with Crippen LogP contribution in [-0.2, 0) is 17.8 Å². The summed E-state index contributed by atoms with van der Waals surface area (Å²) in [7, 11) is 0. The van der Waals surface area contributed by atoms with Crippen LogP contribution in [0.5, 0.6) is 0 Å². The fourth-order valence-corrected chi connectivity index (χ4v) is 5.92. The molecule has 1 fully saturated rings. The molecule has 0 bridgehead atoms. The van der Waals surface area contributed by atoms with Crippen molar-refractivity contribution < 1.29 is 4.79 Å². The van der Waals surface area contributed by atoms with Gasteiger partial charge in [-0.2, -0.15) is 0 Å². The van der Waals surface area contributed by atoms with Crippen molar-refractivity contribution in [2.75, 3.05) is 11.1 Å². The van der Waals surface area contributed by atoms with E-state index in [1.807, 2.05) is 16.7 Å². The molecule has 1 aliphatic carbocycles. The zero-order valence-corrected chi connectivity index (χ0v) is 19.1. The number of carbonyl (C=O) groups is 1. The highest BCUT2D eigenvalue weighted by Gasteiger charge is 2.20. The highest BCUT2D eigenvalue weighted by atomic mass is 32.2. The summed E-state index contributed by atoms with van der Waals surface area (Å²) in [5.74, 6) is 1.50. The third kappa shape index (κ3) is 5.35. The molecule has 4 rings (SSSR count). The zero-order chi connectivity index (χ0) is 20.8. The summed E-state index contributed by atoms with van der Waals surface area (Å²) < 4.78 is 2.01. The first kappa shape index (κ1) is 21.2. The monoisotopic (exact) mass is 460 g/mol. The molecule has 0 aromatic carbocycles. The number of hydrogen-bond acceptors (Lipinski definition) is 8. The predicted octanol–water partition coefficient (Wildman–Crippen LogP) is 4.75. The standard InChI is InChI=1S/C20H24N6OS3/c1-2-10-26-16(12-15-9-6-11-28-15)22-25-20(26)29-13-17(27)21-19-24-23-18(30-19)14-7-4-3-5-8-14/h2,6,9,11,14H,1,3-5,7-8,10,12-13H2,(H,21,24,27). The molecule has 0 atom stereocenters. The Hall–Kier alpha value is -2.04. The molecule has 3 heterocycles. The van der Waals surface area contributed by atoms with Crippen molar-refractivity contribution >= 4 is 45.5 Å². The number of aromatic nitrogens is 5. The lowest BCUT2D eigenvalue weighted by atomic mass is 9.90. The second-order valence-corrected chi connectivity index (χ2v) is 10.2. The molecule has 1 aliphatic rings. The van der Waals surface area contributed by atoms with Gasteiger partial charge in [0.25, 0.3) is 0 Å². The van der Waals surface area contributed by atoms with Gasteiger partial charge in [-0.1, -0.05) is 54.5 Å². The number of anilines is 1. The van der Waals surface area contributed by atoms with E-state index in [0.717, 1.165) is 22.4 Å². The van der Waals surface area contributed by atoms with Gasteiger partial charge in [-0.25, -0.2) is 0 Å². The molecule has 1 amide bonds. The van der Waals surface area contributed by atoms with Crippen molar-refractivity contribution in [3.05, 3.63) is 45.9 Å². The minimum atomic E-state index is -0.112. The minimum absolute atomic E-state index is 0.112. The zero-order valence-electron chi connectivity index (χ0n) is 16.6. The number of rotatable bonds is 9. The fraction of sp³-hybridized carbons (Fsp3) is 0.450. The van der Waals surface area contributed by atoms with Crippen LogP contribution < -0.4 is 5.32 Å². The molecule has 0 spiro atoms. The van der Waals surface area contributed by atoms with Crippen LogP contribution in [0.2, 0.25) is 0 Å². The third-order valence-corrected chi connectivity index (χ3v) is 7.84. The van der Waals surface area contributed by atoms with E-state index in [-0.39, 0.29) is 11.7 Å². The van der Waals surface area contributed by atoms with Gasteiger partial charge in [-0.05, 0) is 24.3 Å². The largest absolute Gasteiger partial charge is 0.302 e. The number of carbonyl (C=O) groups excluding carboxylic acids is 1. The van der Waals surface area contributed by atoms with E-state index in [4.69, 9.17) is 0 Å². The minimum Gasteiger partial charge on any atom is -0.302 e. The first-order chi connectivity index (χ1) is 14.7. The van der Waals surface area contributed by atoms with E-state index in [1.165, 1.54) is 60.1 Å². The average Bonchev–Trinajstić information content (AvgIpc) is 3.51. The van der Waals surface area contributed by atoms with E-state index >= 15 is 0 Å². The second kappa shape index (κ2) is 10.3. The van der Waals surface area contributed by atoms with Gasteiger partial charge in [0.05, 0.1) is 5.75 Å². The van der Waals surface area contributed by atoms with Gasteiger partial charge in [0.2, 0.25) is 11.0 Å². The van der Waals surface area contributed by atoms with Gasteiger partial charge >= 0.3 is 0 Å². The van der Waals surface area contributed by atoms with Crippen molar-refractivity contribution in [1.82, 2.24) is 25.0 Å². The molecule has 158 valence electrons. The van der Waals surface area contributed by atoms with Crippen LogP contribution in [0.4, 0.5) is 5.13 Å². The summed E-state index contributed by atoms with van der Waals surface area (Å²) in [6.45, 7) is 4.44. The van der Waals surface area contributed by atoms with Gasteiger partial charge in [0.1, 0.15) is 10.8 Å². The van der Waals surface area contributed by atoms with Crippen LogP contribution in [0.1, 0.15) is 53.7 Å². The lowest BCUT2D eigenvalue weighted by Gasteiger charge is -2.18. The number of thioether (sulfide) groups is 1. The highest BCUT2D eigenvalue weighted by Crippen LogP contribution is 2.35. The maximum absolute atomic E-state index is 12.4. The lowest BCUT2D eigenvalue weighted by Crippen LogP contribution is -2.14. The molecule has 0 radical (unpaired) electrons. The van der Waals surface area contributed by atoms with Crippen LogP contribution >= 0.6 is 34.4 Å². The van der Waals surface area contributed by atoms with Crippen LogP contribution in [0.25, 0.3) is 0 Å². The second-order valence-electron chi connectivity index (χ2n) is 7.17. The average molecular weight is 461 g/mol. The lowest BCUT2D eigenvalue weighted by molar-refractivity contribution is -0.113. The highest BCUT2D eigenvalue weighted by molar-refractivity contribution is 7.99. The maximum atomic E-state index is 12.4. The number of amides is 1. The van der Waals surface area contributed by atoms with Gasteiger partial charge in [0.15, 0.2) is 5.16 Å². The fourth-order valence-electron chi connectivity index (χ4n) is 3.52. The molecule has 30 heavy (non-hydrogen) atoms.